The maximum Gasteiger partial charge on any atom is 0.0635 e. The fraction of sp³-hybridized carbons (Fsp3) is 0.615. The van der Waals surface area contributed by atoms with Crippen molar-refractivity contribution in [3.8, 4) is 0 Å². The topological polar surface area (TPSA) is 48.4 Å². The summed E-state index contributed by atoms with van der Waals surface area (Å²) in [4.78, 5) is 6.73. The summed E-state index contributed by atoms with van der Waals surface area (Å²) in [5, 5.41) is 12.5. The molecule has 17 heavy (non-hydrogen) atoms. The summed E-state index contributed by atoms with van der Waals surface area (Å²) < 4.78 is 0. The molecule has 4 heteroatoms. The second kappa shape index (κ2) is 5.47. The largest absolute Gasteiger partial charge is 0.394 e. The molecule has 1 fully saturated rings. The van der Waals surface area contributed by atoms with Crippen LogP contribution in [-0.4, -0.2) is 36.3 Å². The standard InChI is InChI=1S/C13H21N3O/c1-10(14-2)13-6-5-11(8-15-13)16-7-3-4-12(16)9-17/h5-6,8,10,12,14,17H,3-4,7,9H2,1-2H3. The third kappa shape index (κ3) is 2.58. The zero-order chi connectivity index (χ0) is 12.3. The van der Waals surface area contributed by atoms with Crippen LogP contribution in [0.15, 0.2) is 18.3 Å². The number of rotatable bonds is 4. The first-order chi connectivity index (χ1) is 8.26. The molecule has 1 aliphatic rings. The zero-order valence-corrected chi connectivity index (χ0v) is 10.6. The van der Waals surface area contributed by atoms with Gasteiger partial charge < -0.3 is 15.3 Å². The second-order valence-corrected chi connectivity index (χ2v) is 4.62. The van der Waals surface area contributed by atoms with E-state index >= 15 is 0 Å². The minimum Gasteiger partial charge on any atom is -0.394 e. The van der Waals surface area contributed by atoms with Gasteiger partial charge in [0.25, 0.3) is 0 Å². The van der Waals surface area contributed by atoms with Crippen molar-refractivity contribution < 1.29 is 5.11 Å². The van der Waals surface area contributed by atoms with Crippen LogP contribution in [0.4, 0.5) is 5.69 Å². The van der Waals surface area contributed by atoms with Crippen LogP contribution in [0.5, 0.6) is 0 Å². The Morgan fingerprint density at radius 1 is 1.59 bits per heavy atom. The van der Waals surface area contributed by atoms with Gasteiger partial charge in [-0.25, -0.2) is 0 Å². The van der Waals surface area contributed by atoms with Crippen LogP contribution in [0.1, 0.15) is 31.5 Å². The van der Waals surface area contributed by atoms with E-state index in [2.05, 4.69) is 34.3 Å². The van der Waals surface area contributed by atoms with E-state index in [1.54, 1.807) is 0 Å². The SMILES string of the molecule is CNC(C)c1ccc(N2CCCC2CO)cn1. The van der Waals surface area contributed by atoms with Gasteiger partial charge >= 0.3 is 0 Å². The van der Waals surface area contributed by atoms with Gasteiger partial charge in [-0.15, -0.1) is 0 Å². The van der Waals surface area contributed by atoms with E-state index in [1.165, 1.54) is 0 Å². The molecule has 94 valence electrons. The van der Waals surface area contributed by atoms with Crippen LogP contribution >= 0.6 is 0 Å². The molecule has 0 amide bonds. The van der Waals surface area contributed by atoms with Gasteiger partial charge in [-0.3, -0.25) is 4.98 Å². The minimum atomic E-state index is 0.231. The number of aromatic nitrogens is 1. The number of nitrogens with zero attached hydrogens (tertiary/aromatic N) is 2. The summed E-state index contributed by atoms with van der Waals surface area (Å²) in [5.74, 6) is 0. The summed E-state index contributed by atoms with van der Waals surface area (Å²) in [7, 11) is 1.93. The molecule has 0 saturated carbocycles. The molecule has 0 spiro atoms. The highest BCUT2D eigenvalue weighted by molar-refractivity contribution is 5.47. The maximum atomic E-state index is 9.31. The highest BCUT2D eigenvalue weighted by Crippen LogP contribution is 2.25. The smallest absolute Gasteiger partial charge is 0.0635 e. The number of hydrogen-bond donors (Lipinski definition) is 2. The van der Waals surface area contributed by atoms with Crippen molar-refractivity contribution in [1.29, 1.82) is 0 Å². The summed E-state index contributed by atoms with van der Waals surface area (Å²) in [6.07, 6.45) is 4.14. The molecule has 2 N–H and O–H groups in total. The Morgan fingerprint density at radius 2 is 2.41 bits per heavy atom. The Morgan fingerprint density at radius 3 is 3.00 bits per heavy atom. The molecular formula is C13H21N3O. The van der Waals surface area contributed by atoms with Gasteiger partial charge in [-0.2, -0.15) is 0 Å². The predicted octanol–water partition coefficient (Wildman–Crippen LogP) is 1.32. The average Bonchev–Trinajstić information content (AvgIpc) is 2.86. The van der Waals surface area contributed by atoms with Crippen molar-refractivity contribution in [2.75, 3.05) is 25.1 Å². The van der Waals surface area contributed by atoms with Crippen LogP contribution in [0.2, 0.25) is 0 Å². The first-order valence-corrected chi connectivity index (χ1v) is 6.27. The highest BCUT2D eigenvalue weighted by atomic mass is 16.3. The molecule has 1 aromatic heterocycles. The van der Waals surface area contributed by atoms with Crippen molar-refractivity contribution >= 4 is 5.69 Å². The Balaban J connectivity index is 2.12. The molecule has 1 aromatic rings. The van der Waals surface area contributed by atoms with Crippen molar-refractivity contribution in [2.24, 2.45) is 0 Å². The van der Waals surface area contributed by atoms with Crippen molar-refractivity contribution in [2.45, 2.75) is 31.8 Å². The van der Waals surface area contributed by atoms with E-state index in [9.17, 15) is 5.11 Å². The summed E-state index contributed by atoms with van der Waals surface area (Å²) >= 11 is 0. The number of pyridine rings is 1. The second-order valence-electron chi connectivity index (χ2n) is 4.62. The van der Waals surface area contributed by atoms with Crippen LogP contribution in [0, 0.1) is 0 Å². The quantitative estimate of drug-likeness (QED) is 0.826. The number of anilines is 1. The number of aliphatic hydroxyl groups is 1. The molecule has 1 saturated heterocycles. The average molecular weight is 235 g/mol. The van der Waals surface area contributed by atoms with Crippen LogP contribution in [0.25, 0.3) is 0 Å². The van der Waals surface area contributed by atoms with E-state index in [-0.39, 0.29) is 18.7 Å². The fourth-order valence-electron chi connectivity index (χ4n) is 2.34. The van der Waals surface area contributed by atoms with Gasteiger partial charge in [0.2, 0.25) is 0 Å². The van der Waals surface area contributed by atoms with Gasteiger partial charge in [0, 0.05) is 12.6 Å². The van der Waals surface area contributed by atoms with Crippen molar-refractivity contribution in [3.63, 3.8) is 0 Å². The third-order valence-electron chi connectivity index (χ3n) is 3.57. The Bertz CT molecular complexity index is 352. The Labute approximate surface area is 103 Å². The molecular weight excluding hydrogens is 214 g/mol. The van der Waals surface area contributed by atoms with Gasteiger partial charge in [0.05, 0.1) is 30.2 Å². The van der Waals surface area contributed by atoms with Crippen LogP contribution in [-0.2, 0) is 0 Å². The molecule has 2 unspecified atom stereocenters. The van der Waals surface area contributed by atoms with Gasteiger partial charge in [-0.05, 0) is 38.9 Å². The van der Waals surface area contributed by atoms with Crippen LogP contribution < -0.4 is 10.2 Å². The van der Waals surface area contributed by atoms with Crippen LogP contribution in [0.3, 0.4) is 0 Å². The van der Waals surface area contributed by atoms with Gasteiger partial charge in [0.15, 0.2) is 0 Å². The monoisotopic (exact) mass is 235 g/mol. The molecule has 2 heterocycles. The summed E-state index contributed by atoms with van der Waals surface area (Å²) in [6, 6.07) is 4.70. The normalized spacial score (nSPS) is 21.8. The first kappa shape index (κ1) is 12.3. The number of aliphatic hydroxyl groups excluding tert-OH is 1. The number of hydrogen-bond acceptors (Lipinski definition) is 4. The fourth-order valence-corrected chi connectivity index (χ4v) is 2.34. The van der Waals surface area contributed by atoms with E-state index in [0.29, 0.717) is 0 Å². The zero-order valence-electron chi connectivity index (χ0n) is 10.6. The molecule has 0 radical (unpaired) electrons. The molecule has 1 aliphatic heterocycles. The lowest BCUT2D eigenvalue weighted by molar-refractivity contribution is 0.266. The Kier molecular flexibility index (Phi) is 3.97. The maximum absolute atomic E-state index is 9.31. The molecule has 0 bridgehead atoms. The summed E-state index contributed by atoms with van der Waals surface area (Å²) in [6.45, 7) is 3.34. The minimum absolute atomic E-state index is 0.231. The number of nitrogens with one attached hydrogen (secondary N) is 1. The lowest BCUT2D eigenvalue weighted by Gasteiger charge is -2.25. The van der Waals surface area contributed by atoms with Gasteiger partial charge in [-0.1, -0.05) is 0 Å². The molecule has 0 aromatic carbocycles. The lowest BCUT2D eigenvalue weighted by atomic mass is 10.2. The lowest BCUT2D eigenvalue weighted by Crippen LogP contribution is -2.32. The summed E-state index contributed by atoms with van der Waals surface area (Å²) in [5.41, 5.74) is 2.17. The van der Waals surface area contributed by atoms with Gasteiger partial charge in [0.1, 0.15) is 0 Å². The van der Waals surface area contributed by atoms with E-state index < -0.39 is 0 Å². The highest BCUT2D eigenvalue weighted by Gasteiger charge is 2.24. The molecule has 2 atom stereocenters. The third-order valence-corrected chi connectivity index (χ3v) is 3.57. The van der Waals surface area contributed by atoms with E-state index in [4.69, 9.17) is 0 Å². The molecule has 2 rings (SSSR count). The molecule has 4 nitrogen and oxygen atoms in total. The Hall–Kier alpha value is -1.13. The predicted molar refractivity (Wildman–Crippen MR) is 69.2 cm³/mol. The van der Waals surface area contributed by atoms with Crippen molar-refractivity contribution in [1.82, 2.24) is 10.3 Å². The van der Waals surface area contributed by atoms with Crippen molar-refractivity contribution in [3.05, 3.63) is 24.0 Å². The first-order valence-electron chi connectivity index (χ1n) is 6.27. The van der Waals surface area contributed by atoms with E-state index in [0.717, 1.165) is 30.8 Å². The molecule has 0 aliphatic carbocycles. The van der Waals surface area contributed by atoms with E-state index in [1.807, 2.05) is 13.2 Å².